The van der Waals surface area contributed by atoms with E-state index in [9.17, 15) is 9.59 Å². The highest BCUT2D eigenvalue weighted by Crippen LogP contribution is 2.11. The van der Waals surface area contributed by atoms with Gasteiger partial charge >= 0.3 is 0 Å². The van der Waals surface area contributed by atoms with Gasteiger partial charge in [0, 0.05) is 18.1 Å². The molecule has 6 heteroatoms. The summed E-state index contributed by atoms with van der Waals surface area (Å²) in [6, 6.07) is 7.71. The van der Waals surface area contributed by atoms with Gasteiger partial charge < -0.3 is 16.0 Å². The van der Waals surface area contributed by atoms with Crippen LogP contribution in [0, 0.1) is 0 Å². The Morgan fingerprint density at radius 1 is 1.33 bits per heavy atom. The van der Waals surface area contributed by atoms with E-state index in [1.165, 1.54) is 0 Å². The van der Waals surface area contributed by atoms with Crippen molar-refractivity contribution < 1.29 is 9.59 Å². The molecule has 2 amide bonds. The molecular formula is C12H16BrN3O2. The molecule has 98 valence electrons. The van der Waals surface area contributed by atoms with Gasteiger partial charge in [-0.3, -0.25) is 9.59 Å². The summed E-state index contributed by atoms with van der Waals surface area (Å²) in [6.07, 6.45) is 0. The highest BCUT2D eigenvalue weighted by molar-refractivity contribution is 9.10. The van der Waals surface area contributed by atoms with E-state index in [-0.39, 0.29) is 24.9 Å². The van der Waals surface area contributed by atoms with Crippen LogP contribution in [0.5, 0.6) is 0 Å². The van der Waals surface area contributed by atoms with Gasteiger partial charge in [-0.25, -0.2) is 0 Å². The molecule has 0 aliphatic rings. The summed E-state index contributed by atoms with van der Waals surface area (Å²) >= 11 is 3.35. The Balaban J connectivity index is 2.44. The molecule has 1 aromatic rings. The number of carbonyl (C=O) groups excluding carboxylic acids is 2. The molecule has 18 heavy (non-hydrogen) atoms. The first-order valence-corrected chi connectivity index (χ1v) is 6.27. The molecule has 0 aliphatic carbocycles. The Bertz CT molecular complexity index is 420. The van der Waals surface area contributed by atoms with Gasteiger partial charge in [0.1, 0.15) is 0 Å². The Morgan fingerprint density at radius 3 is 2.50 bits per heavy atom. The zero-order chi connectivity index (χ0) is 13.5. The second-order valence-electron chi connectivity index (χ2n) is 3.86. The zero-order valence-electron chi connectivity index (χ0n) is 10.1. The first-order chi connectivity index (χ1) is 8.52. The Morgan fingerprint density at radius 2 is 1.94 bits per heavy atom. The lowest BCUT2D eigenvalue weighted by Crippen LogP contribution is -2.40. The highest BCUT2D eigenvalue weighted by Gasteiger charge is 2.10. The van der Waals surface area contributed by atoms with Crippen LogP contribution < -0.4 is 11.1 Å². The predicted octanol–water partition coefficient (Wildman–Crippen LogP) is 0.482. The molecule has 0 unspecified atom stereocenters. The number of rotatable bonds is 5. The number of nitrogens with two attached hydrogens (primary N) is 1. The van der Waals surface area contributed by atoms with E-state index in [0.717, 1.165) is 10.0 Å². The van der Waals surface area contributed by atoms with Crippen molar-refractivity contribution in [2.75, 3.05) is 20.1 Å². The molecule has 1 rings (SSSR count). The topological polar surface area (TPSA) is 75.4 Å². The number of hydrogen-bond acceptors (Lipinski definition) is 3. The van der Waals surface area contributed by atoms with Crippen LogP contribution in [0.4, 0.5) is 0 Å². The Hall–Kier alpha value is -1.40. The highest BCUT2D eigenvalue weighted by atomic mass is 79.9. The third-order valence-corrected chi connectivity index (χ3v) is 2.91. The minimum Gasteiger partial charge on any atom is -0.346 e. The van der Waals surface area contributed by atoms with Crippen molar-refractivity contribution in [3.05, 3.63) is 34.3 Å². The minimum absolute atomic E-state index is 0.0247. The van der Waals surface area contributed by atoms with Gasteiger partial charge in [0.25, 0.3) is 0 Å². The number of likely N-dealkylation sites (N-methyl/N-ethyl adjacent to an activating group) is 1. The van der Waals surface area contributed by atoms with Gasteiger partial charge in [-0.15, -0.1) is 0 Å². The summed E-state index contributed by atoms with van der Waals surface area (Å²) in [5.41, 5.74) is 6.16. The van der Waals surface area contributed by atoms with Crippen LogP contribution in [0.2, 0.25) is 0 Å². The van der Waals surface area contributed by atoms with E-state index in [0.29, 0.717) is 6.54 Å². The number of nitrogens with zero attached hydrogens (tertiary/aromatic N) is 1. The quantitative estimate of drug-likeness (QED) is 0.830. The zero-order valence-corrected chi connectivity index (χ0v) is 11.7. The van der Waals surface area contributed by atoms with Crippen LogP contribution in [0.3, 0.4) is 0 Å². The second-order valence-corrected chi connectivity index (χ2v) is 4.77. The Kier molecular flexibility index (Phi) is 5.80. The van der Waals surface area contributed by atoms with Crippen molar-refractivity contribution >= 4 is 27.7 Å². The van der Waals surface area contributed by atoms with Crippen LogP contribution in [0.1, 0.15) is 5.56 Å². The van der Waals surface area contributed by atoms with Gasteiger partial charge in [-0.05, 0) is 17.7 Å². The summed E-state index contributed by atoms with van der Waals surface area (Å²) < 4.78 is 0.996. The molecular weight excluding hydrogens is 298 g/mol. The molecule has 0 heterocycles. The average Bonchev–Trinajstić information content (AvgIpc) is 2.38. The van der Waals surface area contributed by atoms with Crippen molar-refractivity contribution in [3.8, 4) is 0 Å². The van der Waals surface area contributed by atoms with E-state index in [4.69, 9.17) is 5.73 Å². The summed E-state index contributed by atoms with van der Waals surface area (Å²) in [6.45, 7) is 0.372. The third-order valence-electron chi connectivity index (χ3n) is 2.38. The molecule has 0 aromatic heterocycles. The molecule has 5 nitrogen and oxygen atoms in total. The SMILES string of the molecule is CN(Cc1ccc(Br)cc1)C(=O)CNC(=O)CN. The fraction of sp³-hybridized carbons (Fsp3) is 0.333. The fourth-order valence-corrected chi connectivity index (χ4v) is 1.60. The maximum Gasteiger partial charge on any atom is 0.242 e. The van der Waals surface area contributed by atoms with Crippen LogP contribution in [-0.4, -0.2) is 36.9 Å². The summed E-state index contributed by atoms with van der Waals surface area (Å²) in [5, 5.41) is 2.45. The molecule has 0 bridgehead atoms. The molecule has 0 atom stereocenters. The van der Waals surface area contributed by atoms with E-state index in [1.807, 2.05) is 24.3 Å². The number of carbonyl (C=O) groups is 2. The lowest BCUT2D eigenvalue weighted by atomic mass is 10.2. The summed E-state index contributed by atoms with van der Waals surface area (Å²) in [5.74, 6) is -0.486. The van der Waals surface area contributed by atoms with Crippen molar-refractivity contribution in [2.45, 2.75) is 6.54 Å². The smallest absolute Gasteiger partial charge is 0.242 e. The maximum absolute atomic E-state index is 11.7. The summed E-state index contributed by atoms with van der Waals surface area (Å²) in [4.78, 5) is 24.2. The van der Waals surface area contributed by atoms with Gasteiger partial charge in [0.05, 0.1) is 13.1 Å². The number of amides is 2. The van der Waals surface area contributed by atoms with E-state index < -0.39 is 0 Å². The molecule has 0 aliphatic heterocycles. The number of hydrogen-bond donors (Lipinski definition) is 2. The first kappa shape index (κ1) is 14.7. The van der Waals surface area contributed by atoms with Gasteiger partial charge in [0.2, 0.25) is 11.8 Å². The fourth-order valence-electron chi connectivity index (χ4n) is 1.33. The molecule has 0 saturated heterocycles. The van der Waals surface area contributed by atoms with Crippen LogP contribution in [0.25, 0.3) is 0 Å². The number of nitrogens with one attached hydrogen (secondary N) is 1. The second kappa shape index (κ2) is 7.13. The standard InChI is InChI=1S/C12H16BrN3O2/c1-16(12(18)7-15-11(17)6-14)8-9-2-4-10(13)5-3-9/h2-5H,6-8,14H2,1H3,(H,15,17). The molecule has 0 fully saturated rings. The maximum atomic E-state index is 11.7. The van der Waals surface area contributed by atoms with Gasteiger partial charge in [-0.1, -0.05) is 28.1 Å². The van der Waals surface area contributed by atoms with Crippen LogP contribution >= 0.6 is 15.9 Å². The van der Waals surface area contributed by atoms with Crippen molar-refractivity contribution in [3.63, 3.8) is 0 Å². The van der Waals surface area contributed by atoms with Gasteiger partial charge in [0.15, 0.2) is 0 Å². The lowest BCUT2D eigenvalue weighted by Gasteiger charge is -2.17. The Labute approximate surface area is 114 Å². The predicted molar refractivity (Wildman–Crippen MR) is 72.7 cm³/mol. The normalized spacial score (nSPS) is 9.94. The monoisotopic (exact) mass is 313 g/mol. The lowest BCUT2D eigenvalue weighted by molar-refractivity contribution is -0.131. The molecule has 0 radical (unpaired) electrons. The van der Waals surface area contributed by atoms with Gasteiger partial charge in [-0.2, -0.15) is 0 Å². The van der Waals surface area contributed by atoms with E-state index in [1.54, 1.807) is 11.9 Å². The van der Waals surface area contributed by atoms with Crippen molar-refractivity contribution in [2.24, 2.45) is 5.73 Å². The van der Waals surface area contributed by atoms with Crippen molar-refractivity contribution in [1.29, 1.82) is 0 Å². The average molecular weight is 314 g/mol. The van der Waals surface area contributed by atoms with E-state index >= 15 is 0 Å². The molecule has 0 spiro atoms. The number of benzene rings is 1. The van der Waals surface area contributed by atoms with Crippen LogP contribution in [-0.2, 0) is 16.1 Å². The molecule has 0 saturated carbocycles. The van der Waals surface area contributed by atoms with Crippen molar-refractivity contribution in [1.82, 2.24) is 10.2 Å². The van der Waals surface area contributed by atoms with E-state index in [2.05, 4.69) is 21.2 Å². The van der Waals surface area contributed by atoms with Crippen LogP contribution in [0.15, 0.2) is 28.7 Å². The minimum atomic E-state index is -0.333. The summed E-state index contributed by atoms with van der Waals surface area (Å²) in [7, 11) is 1.69. The number of halogens is 1. The molecule has 1 aromatic carbocycles. The molecule has 3 N–H and O–H groups in total. The largest absolute Gasteiger partial charge is 0.346 e. The first-order valence-electron chi connectivity index (χ1n) is 5.48. The third kappa shape index (κ3) is 4.85.